The van der Waals surface area contributed by atoms with Crippen molar-refractivity contribution >= 4 is 62.9 Å². The van der Waals surface area contributed by atoms with E-state index in [2.05, 4.69) is 43.1 Å². The number of carboxylic acids is 1. The van der Waals surface area contributed by atoms with E-state index < -0.39 is 66.3 Å². The Labute approximate surface area is 391 Å². The molecular weight excluding hydrogens is 863 g/mol. The quantitative estimate of drug-likeness (QED) is 0.0587. The summed E-state index contributed by atoms with van der Waals surface area (Å²) in [5, 5.41) is 25.0. The van der Waals surface area contributed by atoms with Crippen LogP contribution in [0.4, 0.5) is 0 Å². The van der Waals surface area contributed by atoms with Crippen LogP contribution in [0.25, 0.3) is 38.5 Å². The minimum atomic E-state index is -1.38. The molecule has 5 aromatic carbocycles. The average molecular weight is 914 g/mol. The van der Waals surface area contributed by atoms with E-state index in [9.17, 15) is 28.8 Å². The highest BCUT2D eigenvalue weighted by Crippen LogP contribution is 2.27. The number of hydrogen-bond donors (Lipinski definition) is 8. The van der Waals surface area contributed by atoms with E-state index in [0.717, 1.165) is 32.9 Å². The van der Waals surface area contributed by atoms with Gasteiger partial charge in [-0.25, -0.2) is 0 Å². The van der Waals surface area contributed by atoms with Gasteiger partial charge in [0.2, 0.25) is 23.6 Å². The summed E-state index contributed by atoms with van der Waals surface area (Å²) in [6.45, 7) is 3.85. The van der Waals surface area contributed by atoms with Crippen LogP contribution in [-0.4, -0.2) is 87.9 Å². The van der Waals surface area contributed by atoms with E-state index in [1.807, 2.05) is 103 Å². The molecule has 8 N–H and O–H groups in total. The van der Waals surface area contributed by atoms with Gasteiger partial charge in [-0.2, -0.15) is 0 Å². The first-order valence-electron chi connectivity index (χ1n) is 22.4. The molecule has 68 heavy (non-hydrogen) atoms. The molecule has 0 saturated carbocycles. The summed E-state index contributed by atoms with van der Waals surface area (Å²) in [6, 6.07) is 33.8. The molecule has 0 spiro atoms. The van der Waals surface area contributed by atoms with Gasteiger partial charge in [0.1, 0.15) is 29.9 Å². The molecule has 1 unspecified atom stereocenters. The van der Waals surface area contributed by atoms with E-state index in [-0.39, 0.29) is 44.2 Å². The molecule has 4 heterocycles. The fourth-order valence-electron chi connectivity index (χ4n) is 8.33. The maximum Gasteiger partial charge on any atom is 0.303 e. The van der Waals surface area contributed by atoms with Gasteiger partial charge in [0.25, 0.3) is 5.91 Å². The summed E-state index contributed by atoms with van der Waals surface area (Å²) in [7, 11) is 0. The molecule has 2 bridgehead atoms. The second-order valence-corrected chi connectivity index (χ2v) is 16.7. The van der Waals surface area contributed by atoms with Gasteiger partial charge in [-0.1, -0.05) is 110 Å². The van der Waals surface area contributed by atoms with E-state index in [0.29, 0.717) is 28.0 Å². The van der Waals surface area contributed by atoms with Gasteiger partial charge >= 0.3 is 5.97 Å². The molecule has 9 rings (SSSR count). The lowest BCUT2D eigenvalue weighted by molar-refractivity contribution is -0.137. The molecule has 2 aliphatic rings. The lowest BCUT2D eigenvalue weighted by Gasteiger charge is -2.27. The Morgan fingerprint density at radius 3 is 2.01 bits per heavy atom. The zero-order valence-electron chi connectivity index (χ0n) is 37.1. The Hall–Kier alpha value is -8.46. The van der Waals surface area contributed by atoms with E-state index in [4.69, 9.17) is 9.84 Å². The Bertz CT molecular complexity index is 2960. The van der Waals surface area contributed by atoms with E-state index in [1.54, 1.807) is 36.7 Å². The number of hydrogen-bond acceptors (Lipinski definition) is 7. The number of para-hydroxylation sites is 2. The Morgan fingerprint density at radius 1 is 0.662 bits per heavy atom. The van der Waals surface area contributed by atoms with Gasteiger partial charge in [0, 0.05) is 72.0 Å². The minimum Gasteiger partial charge on any atom is -0.484 e. The minimum absolute atomic E-state index is 0.0108. The van der Waals surface area contributed by atoms with Crippen molar-refractivity contribution in [1.82, 2.24) is 36.6 Å². The smallest absolute Gasteiger partial charge is 0.303 e. The van der Waals surface area contributed by atoms with E-state index >= 15 is 0 Å². The van der Waals surface area contributed by atoms with Crippen molar-refractivity contribution in [3.8, 4) is 16.9 Å². The number of aliphatic carboxylic acids is 1. The van der Waals surface area contributed by atoms with Crippen molar-refractivity contribution < 1.29 is 38.6 Å². The third kappa shape index (κ3) is 11.3. The fourth-order valence-corrected chi connectivity index (χ4v) is 8.33. The predicted octanol–water partition coefficient (Wildman–Crippen LogP) is 5.37. The second kappa shape index (κ2) is 21.2. The monoisotopic (exact) mass is 913 g/mol. The number of fused-ring (bicyclic) bond motifs is 18. The van der Waals surface area contributed by atoms with Crippen molar-refractivity contribution in [2.75, 3.05) is 13.2 Å². The third-order valence-corrected chi connectivity index (χ3v) is 11.9. The van der Waals surface area contributed by atoms with Gasteiger partial charge in [-0.3, -0.25) is 28.8 Å². The van der Waals surface area contributed by atoms with Gasteiger partial charge in [0.05, 0.1) is 0 Å². The Kier molecular flexibility index (Phi) is 14.4. The van der Waals surface area contributed by atoms with Gasteiger partial charge in [0.15, 0.2) is 6.61 Å². The zero-order valence-corrected chi connectivity index (χ0v) is 37.1. The van der Waals surface area contributed by atoms with Crippen LogP contribution in [0.5, 0.6) is 5.75 Å². The van der Waals surface area contributed by atoms with Crippen LogP contribution in [0.15, 0.2) is 146 Å². The molecule has 2 aromatic heterocycles. The van der Waals surface area contributed by atoms with Crippen LogP contribution in [0.2, 0.25) is 0 Å². The molecule has 7 aromatic rings. The topological polar surface area (TPSA) is 224 Å². The number of benzene rings is 5. The number of carbonyl (C=O) groups excluding carboxylic acids is 5. The van der Waals surface area contributed by atoms with Crippen molar-refractivity contribution in [1.29, 1.82) is 0 Å². The van der Waals surface area contributed by atoms with E-state index in [1.165, 1.54) is 0 Å². The molecule has 15 nitrogen and oxygen atoms in total. The highest BCUT2D eigenvalue weighted by atomic mass is 16.5. The Balaban J connectivity index is 1.17. The maximum atomic E-state index is 14.9. The predicted molar refractivity (Wildman–Crippen MR) is 258 cm³/mol. The van der Waals surface area contributed by atoms with Crippen LogP contribution in [0.1, 0.15) is 35.1 Å². The number of carboxylic acid groups (broad SMARTS) is 1. The molecule has 0 radical (unpaired) electrons. The molecule has 2 aliphatic heterocycles. The highest BCUT2D eigenvalue weighted by Gasteiger charge is 2.34. The van der Waals surface area contributed by atoms with Crippen molar-refractivity contribution in [2.45, 2.75) is 56.3 Å². The third-order valence-electron chi connectivity index (χ3n) is 11.9. The van der Waals surface area contributed by atoms with Crippen molar-refractivity contribution in [3.05, 3.63) is 169 Å². The number of aromatic amines is 2. The number of nitrogens with one attached hydrogen (secondary N) is 7. The maximum absolute atomic E-state index is 14.9. The number of aromatic nitrogens is 2. The SMILES string of the molecule is C=C(c1c[nH]c2ccccc12)[C@@H]1NC(=O)COc2ccc(cc2)C[C@@H](C(=O)NCCCC(=O)O)NC(=O)C(Cc2c[nH]c3ccccc23)NC(=O)[C@@H](Cc2ccc(-c3ccccc3)cc2)NC1=O. The van der Waals surface area contributed by atoms with Crippen LogP contribution in [0.3, 0.4) is 0 Å². The molecule has 346 valence electrons. The lowest BCUT2D eigenvalue weighted by Crippen LogP contribution is -2.59. The molecular formula is C53H51N7O8. The Morgan fingerprint density at radius 2 is 1.28 bits per heavy atom. The number of H-pyrrole nitrogens is 2. The molecule has 0 saturated heterocycles. The normalized spacial score (nSPS) is 18.2. The first kappa shape index (κ1) is 46.1. The second-order valence-electron chi connectivity index (χ2n) is 16.7. The molecule has 15 heteroatoms. The molecule has 5 amide bonds. The van der Waals surface area contributed by atoms with Gasteiger partial charge in [-0.15, -0.1) is 0 Å². The lowest BCUT2D eigenvalue weighted by atomic mass is 9.97. The van der Waals surface area contributed by atoms with Crippen LogP contribution >= 0.6 is 0 Å². The first-order chi connectivity index (χ1) is 33.0. The number of carbonyl (C=O) groups is 6. The van der Waals surface area contributed by atoms with Gasteiger partial charge < -0.3 is 46.4 Å². The zero-order chi connectivity index (χ0) is 47.6. The van der Waals surface area contributed by atoms with Crippen LogP contribution in [0, 0.1) is 0 Å². The summed E-state index contributed by atoms with van der Waals surface area (Å²) in [4.78, 5) is 89.6. The summed E-state index contributed by atoms with van der Waals surface area (Å²) >= 11 is 0. The largest absolute Gasteiger partial charge is 0.484 e. The molecule has 0 fully saturated rings. The van der Waals surface area contributed by atoms with Crippen LogP contribution < -0.4 is 31.3 Å². The highest BCUT2D eigenvalue weighted by molar-refractivity contribution is 6.05. The average Bonchev–Trinajstić information content (AvgIpc) is 3.98. The first-order valence-corrected chi connectivity index (χ1v) is 22.4. The van der Waals surface area contributed by atoms with Gasteiger partial charge in [-0.05, 0) is 64.1 Å². The summed E-state index contributed by atoms with van der Waals surface area (Å²) in [5.41, 5.74) is 6.37. The number of amides is 5. The number of ether oxygens (including phenoxy) is 1. The molecule has 4 atom stereocenters. The molecule has 0 aliphatic carbocycles. The summed E-state index contributed by atoms with van der Waals surface area (Å²) < 4.78 is 5.85. The number of rotatable bonds is 12. The fraction of sp³-hybridized carbons (Fsp3) is 0.208. The van der Waals surface area contributed by atoms with Crippen molar-refractivity contribution in [2.24, 2.45) is 0 Å². The summed E-state index contributed by atoms with van der Waals surface area (Å²) in [6.07, 6.45) is 3.44. The van der Waals surface area contributed by atoms with Crippen molar-refractivity contribution in [3.63, 3.8) is 0 Å². The standard InChI is InChI=1S/C53H51N7O8/c1-32(41-30-56-43-15-8-6-13-40(41)43)49-53(67)59-45(27-33-17-21-36(22-18-33)35-10-3-2-4-11-35)51(65)58-46(28-37-29-55-42-14-7-5-12-39(37)42)52(66)57-44(50(64)54-25-9-16-48(62)63)26-34-19-23-38(24-20-34)68-31-47(61)60-49/h2-8,10-15,17-24,29-30,44-46,49,55-56H,1,9,16,25-28,31H2,(H,54,64)(H,57,66)(H,58,65)(H,59,67)(H,60,61)(H,62,63)/t44-,45+,46?,49-/m0/s1. The summed E-state index contributed by atoms with van der Waals surface area (Å²) in [5.74, 6) is -4.02. The van der Waals surface area contributed by atoms with Crippen LogP contribution in [-0.2, 0) is 48.0 Å².